The molecule has 1 saturated heterocycles. The van der Waals surface area contributed by atoms with Gasteiger partial charge < -0.3 is 9.64 Å². The predicted molar refractivity (Wildman–Crippen MR) is 115 cm³/mol. The number of likely N-dealkylation sites (tertiary alicyclic amines) is 1. The van der Waals surface area contributed by atoms with E-state index in [-0.39, 0.29) is 17.9 Å². The predicted octanol–water partition coefficient (Wildman–Crippen LogP) is 4.52. The van der Waals surface area contributed by atoms with Gasteiger partial charge in [0.2, 0.25) is 5.91 Å². The van der Waals surface area contributed by atoms with Crippen LogP contribution in [0.2, 0.25) is 0 Å². The number of H-pyrrole nitrogens is 1. The number of aromatic nitrogens is 2. The molecule has 0 radical (unpaired) electrons. The fraction of sp³-hybridized carbons (Fsp3) is 0.750. The Bertz CT molecular complexity index is 656. The maximum atomic E-state index is 12.9. The summed E-state index contributed by atoms with van der Waals surface area (Å²) in [5, 5.41) is 7.28. The van der Waals surface area contributed by atoms with Crippen molar-refractivity contribution in [2.45, 2.75) is 89.7 Å². The van der Waals surface area contributed by atoms with Crippen molar-refractivity contribution in [3.63, 3.8) is 0 Å². The lowest BCUT2D eigenvalue weighted by atomic mass is 9.80. The van der Waals surface area contributed by atoms with E-state index in [1.54, 1.807) is 6.20 Å². The van der Waals surface area contributed by atoms with Crippen LogP contribution < -0.4 is 0 Å². The molecule has 2 aliphatic rings. The molecule has 3 rings (SSSR count). The van der Waals surface area contributed by atoms with Crippen molar-refractivity contribution in [2.24, 2.45) is 11.8 Å². The third-order valence-electron chi connectivity index (χ3n) is 6.90. The summed E-state index contributed by atoms with van der Waals surface area (Å²) in [6.07, 6.45) is 16.3. The molecule has 1 N–H and O–H groups in total. The zero-order valence-corrected chi connectivity index (χ0v) is 18.1. The first kappa shape index (κ1) is 21.9. The van der Waals surface area contributed by atoms with Gasteiger partial charge in [0.1, 0.15) is 0 Å². The van der Waals surface area contributed by atoms with Crippen molar-refractivity contribution >= 4 is 5.91 Å². The number of carbonyl (C=O) groups is 1. The molecule has 0 spiro atoms. The Balaban J connectivity index is 1.63. The van der Waals surface area contributed by atoms with Gasteiger partial charge in [0.05, 0.1) is 18.8 Å². The van der Waals surface area contributed by atoms with E-state index in [4.69, 9.17) is 11.2 Å². The van der Waals surface area contributed by atoms with Crippen LogP contribution in [0.15, 0.2) is 12.3 Å². The van der Waals surface area contributed by atoms with E-state index in [0.717, 1.165) is 56.2 Å². The number of rotatable bonds is 8. The van der Waals surface area contributed by atoms with Gasteiger partial charge in [0.15, 0.2) is 0 Å². The van der Waals surface area contributed by atoms with Crippen LogP contribution in [0.25, 0.3) is 0 Å². The minimum Gasteiger partial charge on any atom is -0.376 e. The zero-order chi connectivity index (χ0) is 20.6. The number of amides is 1. The zero-order valence-electron chi connectivity index (χ0n) is 18.1. The monoisotopic (exact) mass is 399 g/mol. The van der Waals surface area contributed by atoms with Crippen LogP contribution in [0.3, 0.4) is 0 Å². The summed E-state index contributed by atoms with van der Waals surface area (Å²) in [7, 11) is 0. The number of ether oxygens (including phenoxy) is 1. The highest BCUT2D eigenvalue weighted by Crippen LogP contribution is 2.35. The number of terminal acetylenes is 1. The molecule has 2 heterocycles. The summed E-state index contributed by atoms with van der Waals surface area (Å²) >= 11 is 0. The summed E-state index contributed by atoms with van der Waals surface area (Å²) in [6.45, 7) is 6.08. The number of carbonyl (C=O) groups excluding carboxylic acids is 1. The van der Waals surface area contributed by atoms with E-state index in [9.17, 15) is 4.79 Å². The first-order valence-corrected chi connectivity index (χ1v) is 11.4. The molecular formula is C24H37N3O2. The van der Waals surface area contributed by atoms with Gasteiger partial charge in [-0.2, -0.15) is 5.10 Å². The molecule has 1 amide bonds. The second-order valence-electron chi connectivity index (χ2n) is 9.09. The average Bonchev–Trinajstić information content (AvgIpc) is 3.27. The Morgan fingerprint density at radius 2 is 2.14 bits per heavy atom. The Labute approximate surface area is 176 Å². The fourth-order valence-electron chi connectivity index (χ4n) is 5.05. The second kappa shape index (κ2) is 10.8. The summed E-state index contributed by atoms with van der Waals surface area (Å²) in [5.74, 6) is 4.70. The van der Waals surface area contributed by atoms with Gasteiger partial charge in [0, 0.05) is 37.2 Å². The summed E-state index contributed by atoms with van der Waals surface area (Å²) in [5.41, 5.74) is 1.11. The number of hydrogen-bond acceptors (Lipinski definition) is 3. The molecule has 2 atom stereocenters. The molecule has 5 nitrogen and oxygen atoms in total. The molecule has 1 aliphatic carbocycles. The van der Waals surface area contributed by atoms with Crippen molar-refractivity contribution in [1.29, 1.82) is 0 Å². The minimum atomic E-state index is 0.0744. The molecule has 0 bridgehead atoms. The number of unbranched alkanes of at least 4 members (excludes halogenated alkanes) is 1. The van der Waals surface area contributed by atoms with Gasteiger partial charge in [0.25, 0.3) is 0 Å². The first-order valence-electron chi connectivity index (χ1n) is 11.4. The highest BCUT2D eigenvalue weighted by molar-refractivity contribution is 5.76. The van der Waals surface area contributed by atoms with Crippen molar-refractivity contribution < 1.29 is 9.53 Å². The normalized spacial score (nSPS) is 27.7. The van der Waals surface area contributed by atoms with Crippen molar-refractivity contribution in [2.75, 3.05) is 13.2 Å². The van der Waals surface area contributed by atoms with E-state index in [1.165, 1.54) is 12.8 Å². The molecule has 29 heavy (non-hydrogen) atoms. The number of piperidine rings is 1. The van der Waals surface area contributed by atoms with Gasteiger partial charge in [-0.05, 0) is 62.8 Å². The third-order valence-corrected chi connectivity index (χ3v) is 6.90. The Morgan fingerprint density at radius 1 is 1.34 bits per heavy atom. The summed E-state index contributed by atoms with van der Waals surface area (Å²) in [6, 6.07) is 2.11. The Morgan fingerprint density at radius 3 is 2.79 bits per heavy atom. The third kappa shape index (κ3) is 5.85. The van der Waals surface area contributed by atoms with Crippen LogP contribution in [0.1, 0.15) is 83.2 Å². The number of nitrogens with zero attached hydrogens (tertiary/aromatic N) is 2. The molecule has 1 saturated carbocycles. The van der Waals surface area contributed by atoms with E-state index >= 15 is 0 Å². The molecule has 2 unspecified atom stereocenters. The van der Waals surface area contributed by atoms with Crippen LogP contribution in [-0.4, -0.2) is 46.3 Å². The highest BCUT2D eigenvalue weighted by Gasteiger charge is 2.36. The standard InChI is InChI=1S/C24H37N3O2/c1-4-5-6-9-24(28)27-16-7-8-21(22-14-15-25-26-22)23(27)17-29-20-12-10-19(11-13-20)18(2)3/h1,14-15,18-21,23H,5-13,16-17H2,2-3H3,(H,25,26). The molecule has 160 valence electrons. The molecule has 1 aromatic rings. The molecule has 1 aromatic heterocycles. The lowest BCUT2D eigenvalue weighted by molar-refractivity contribution is -0.138. The van der Waals surface area contributed by atoms with Crippen LogP contribution in [0.5, 0.6) is 0 Å². The van der Waals surface area contributed by atoms with Crippen molar-refractivity contribution in [1.82, 2.24) is 15.1 Å². The van der Waals surface area contributed by atoms with Gasteiger partial charge in [-0.3, -0.25) is 9.89 Å². The average molecular weight is 400 g/mol. The van der Waals surface area contributed by atoms with Gasteiger partial charge in [-0.15, -0.1) is 12.3 Å². The highest BCUT2D eigenvalue weighted by atomic mass is 16.5. The summed E-state index contributed by atoms with van der Waals surface area (Å²) < 4.78 is 6.42. The van der Waals surface area contributed by atoms with Gasteiger partial charge >= 0.3 is 0 Å². The van der Waals surface area contributed by atoms with Crippen molar-refractivity contribution in [3.8, 4) is 12.3 Å². The van der Waals surface area contributed by atoms with Crippen LogP contribution >= 0.6 is 0 Å². The largest absolute Gasteiger partial charge is 0.376 e. The van der Waals surface area contributed by atoms with Crippen LogP contribution in [0, 0.1) is 24.2 Å². The smallest absolute Gasteiger partial charge is 0.222 e. The lowest BCUT2D eigenvalue weighted by Crippen LogP contribution is -2.50. The summed E-state index contributed by atoms with van der Waals surface area (Å²) in [4.78, 5) is 15.0. The van der Waals surface area contributed by atoms with Gasteiger partial charge in [-0.25, -0.2) is 0 Å². The van der Waals surface area contributed by atoms with Crippen LogP contribution in [0.4, 0.5) is 0 Å². The van der Waals surface area contributed by atoms with Crippen molar-refractivity contribution in [3.05, 3.63) is 18.0 Å². The Hall–Kier alpha value is -1.80. The lowest BCUT2D eigenvalue weighted by Gasteiger charge is -2.42. The van der Waals surface area contributed by atoms with E-state index in [1.807, 2.05) is 6.07 Å². The second-order valence-corrected chi connectivity index (χ2v) is 9.09. The topological polar surface area (TPSA) is 58.2 Å². The number of hydrogen-bond donors (Lipinski definition) is 1. The Kier molecular flexibility index (Phi) is 8.18. The molecule has 1 aliphatic heterocycles. The molecule has 5 heteroatoms. The SMILES string of the molecule is C#CCCCC(=O)N1CCCC(c2ccn[nH]2)C1COC1CCC(C(C)C)CC1. The van der Waals surface area contributed by atoms with Crippen LogP contribution in [-0.2, 0) is 9.53 Å². The molecular weight excluding hydrogens is 362 g/mol. The maximum absolute atomic E-state index is 12.9. The van der Waals surface area contributed by atoms with E-state index in [0.29, 0.717) is 25.6 Å². The molecule has 0 aromatic carbocycles. The number of nitrogens with one attached hydrogen (secondary N) is 1. The fourth-order valence-corrected chi connectivity index (χ4v) is 5.05. The number of aromatic amines is 1. The minimum absolute atomic E-state index is 0.0744. The molecule has 2 fully saturated rings. The maximum Gasteiger partial charge on any atom is 0.222 e. The first-order chi connectivity index (χ1) is 14.1. The van der Waals surface area contributed by atoms with E-state index in [2.05, 4.69) is 34.9 Å². The van der Waals surface area contributed by atoms with Gasteiger partial charge in [-0.1, -0.05) is 13.8 Å². The quantitative estimate of drug-likeness (QED) is 0.516. The van der Waals surface area contributed by atoms with E-state index < -0.39 is 0 Å².